The van der Waals surface area contributed by atoms with Crippen LogP contribution in [0.5, 0.6) is 0 Å². The largest absolute Gasteiger partial charge is 0.350 e. The third kappa shape index (κ3) is 3.42. The van der Waals surface area contributed by atoms with Gasteiger partial charge in [0.15, 0.2) is 0 Å². The lowest BCUT2D eigenvalue weighted by Gasteiger charge is -2.07. The van der Waals surface area contributed by atoms with Gasteiger partial charge < -0.3 is 5.32 Å². The minimum absolute atomic E-state index is 0.110. The van der Waals surface area contributed by atoms with E-state index in [-0.39, 0.29) is 11.5 Å². The van der Waals surface area contributed by atoms with Gasteiger partial charge >= 0.3 is 0 Å². The lowest BCUT2D eigenvalue weighted by atomic mass is 10.2. The first-order valence-corrected chi connectivity index (χ1v) is 7.96. The van der Waals surface area contributed by atoms with Crippen LogP contribution in [0.1, 0.15) is 23.0 Å². The summed E-state index contributed by atoms with van der Waals surface area (Å²) in [6, 6.07) is 6.71. The molecule has 8 heteroatoms. The molecule has 0 bridgehead atoms. The molecule has 0 spiro atoms. The zero-order valence-electron chi connectivity index (χ0n) is 12.5. The lowest BCUT2D eigenvalue weighted by molar-refractivity contribution is 0.0952. The van der Waals surface area contributed by atoms with Crippen LogP contribution in [0.4, 0.5) is 0 Å². The first-order valence-electron chi connectivity index (χ1n) is 7.23. The molecule has 2 heterocycles. The number of nitrogens with one attached hydrogen (secondary N) is 1. The SMILES string of the molecule is CCc1cc(=O)n(CCNC(=O)c2ccc3nsnc3c2)cn1. The van der Waals surface area contributed by atoms with Crippen molar-refractivity contribution in [3.63, 3.8) is 0 Å². The number of fused-ring (bicyclic) bond motifs is 1. The van der Waals surface area contributed by atoms with E-state index in [4.69, 9.17) is 0 Å². The fraction of sp³-hybridized carbons (Fsp3) is 0.267. The second-order valence-electron chi connectivity index (χ2n) is 4.99. The summed E-state index contributed by atoms with van der Waals surface area (Å²) in [6.07, 6.45) is 2.24. The van der Waals surface area contributed by atoms with E-state index in [9.17, 15) is 9.59 Å². The smallest absolute Gasteiger partial charge is 0.253 e. The van der Waals surface area contributed by atoms with Gasteiger partial charge in [-0.2, -0.15) is 8.75 Å². The predicted octanol–water partition coefficient (Wildman–Crippen LogP) is 1.24. The molecule has 0 radical (unpaired) electrons. The number of hydrogen-bond acceptors (Lipinski definition) is 6. The van der Waals surface area contributed by atoms with Gasteiger partial charge in [-0.25, -0.2) is 4.98 Å². The maximum absolute atomic E-state index is 12.1. The Bertz CT molecular complexity index is 902. The monoisotopic (exact) mass is 329 g/mol. The molecule has 7 nitrogen and oxygen atoms in total. The van der Waals surface area contributed by atoms with Gasteiger partial charge in [-0.3, -0.25) is 14.2 Å². The van der Waals surface area contributed by atoms with Gasteiger partial charge in [-0.1, -0.05) is 6.92 Å². The molecule has 0 saturated carbocycles. The fourth-order valence-electron chi connectivity index (χ4n) is 2.14. The Morgan fingerprint density at radius 1 is 1.26 bits per heavy atom. The third-order valence-corrected chi connectivity index (χ3v) is 4.01. The summed E-state index contributed by atoms with van der Waals surface area (Å²) in [5.41, 5.74) is 2.66. The molecule has 0 aliphatic heterocycles. The second kappa shape index (κ2) is 6.66. The summed E-state index contributed by atoms with van der Waals surface area (Å²) in [6.45, 7) is 2.67. The van der Waals surface area contributed by atoms with Crippen LogP contribution in [-0.2, 0) is 13.0 Å². The first-order chi connectivity index (χ1) is 11.2. The van der Waals surface area contributed by atoms with Crippen LogP contribution in [0, 0.1) is 0 Å². The molecule has 2 aromatic heterocycles. The van der Waals surface area contributed by atoms with Crippen LogP contribution in [0.15, 0.2) is 35.4 Å². The summed E-state index contributed by atoms with van der Waals surface area (Å²) < 4.78 is 9.69. The lowest BCUT2D eigenvalue weighted by Crippen LogP contribution is -2.31. The summed E-state index contributed by atoms with van der Waals surface area (Å²) in [5, 5.41) is 2.79. The quantitative estimate of drug-likeness (QED) is 0.760. The summed E-state index contributed by atoms with van der Waals surface area (Å²) in [7, 11) is 0. The van der Waals surface area contributed by atoms with Gasteiger partial charge in [0.1, 0.15) is 11.0 Å². The fourth-order valence-corrected chi connectivity index (χ4v) is 2.66. The third-order valence-electron chi connectivity index (χ3n) is 3.45. The number of hydrogen-bond donors (Lipinski definition) is 1. The van der Waals surface area contributed by atoms with Gasteiger partial charge in [-0.05, 0) is 24.6 Å². The Balaban J connectivity index is 1.61. The average Bonchev–Trinajstić information content (AvgIpc) is 3.03. The van der Waals surface area contributed by atoms with Crippen LogP contribution in [-0.4, -0.2) is 30.8 Å². The predicted molar refractivity (Wildman–Crippen MR) is 87.6 cm³/mol. The number of rotatable bonds is 5. The number of aromatic nitrogens is 4. The number of carbonyl (C=O) groups excluding carboxylic acids is 1. The van der Waals surface area contributed by atoms with Crippen molar-refractivity contribution >= 4 is 28.7 Å². The molecule has 0 aliphatic rings. The van der Waals surface area contributed by atoms with Crippen molar-refractivity contribution in [1.29, 1.82) is 0 Å². The highest BCUT2D eigenvalue weighted by Crippen LogP contribution is 2.13. The Morgan fingerprint density at radius 2 is 2.09 bits per heavy atom. The van der Waals surface area contributed by atoms with Crippen molar-refractivity contribution in [2.24, 2.45) is 0 Å². The van der Waals surface area contributed by atoms with E-state index < -0.39 is 0 Å². The van der Waals surface area contributed by atoms with Crippen LogP contribution < -0.4 is 10.9 Å². The van der Waals surface area contributed by atoms with E-state index in [2.05, 4.69) is 19.0 Å². The Morgan fingerprint density at radius 3 is 2.87 bits per heavy atom. The van der Waals surface area contributed by atoms with E-state index in [0.717, 1.165) is 29.4 Å². The Labute approximate surface area is 136 Å². The van der Waals surface area contributed by atoms with Gasteiger partial charge in [0, 0.05) is 30.4 Å². The molecule has 1 N–H and O–H groups in total. The molecule has 1 aromatic carbocycles. The molecule has 118 valence electrons. The van der Waals surface area contributed by atoms with Crippen molar-refractivity contribution in [3.05, 3.63) is 52.2 Å². The molecule has 3 aromatic rings. The number of benzene rings is 1. The standard InChI is InChI=1S/C15H15N5O2S/c1-2-11-8-14(21)20(9-17-11)6-5-16-15(22)10-3-4-12-13(7-10)19-23-18-12/h3-4,7-9H,2,5-6H2,1H3,(H,16,22). The highest BCUT2D eigenvalue weighted by molar-refractivity contribution is 7.00. The number of carbonyl (C=O) groups is 1. The van der Waals surface area contributed by atoms with E-state index in [0.29, 0.717) is 24.2 Å². The normalized spacial score (nSPS) is 10.8. The van der Waals surface area contributed by atoms with Crippen molar-refractivity contribution in [3.8, 4) is 0 Å². The van der Waals surface area contributed by atoms with Crippen LogP contribution in [0.25, 0.3) is 11.0 Å². The topological polar surface area (TPSA) is 89.8 Å². The molecule has 0 saturated heterocycles. The summed E-state index contributed by atoms with van der Waals surface area (Å²) in [5.74, 6) is -0.203. The molecule has 0 fully saturated rings. The van der Waals surface area contributed by atoms with E-state index in [1.165, 1.54) is 17.0 Å². The second-order valence-corrected chi connectivity index (χ2v) is 5.52. The van der Waals surface area contributed by atoms with Gasteiger partial charge in [-0.15, -0.1) is 0 Å². The zero-order valence-corrected chi connectivity index (χ0v) is 13.3. The van der Waals surface area contributed by atoms with Gasteiger partial charge in [0.2, 0.25) is 0 Å². The Hall–Kier alpha value is -2.61. The van der Waals surface area contributed by atoms with Crippen LogP contribution >= 0.6 is 11.7 Å². The number of aryl methyl sites for hydroxylation is 1. The van der Waals surface area contributed by atoms with Crippen molar-refractivity contribution < 1.29 is 4.79 Å². The molecule has 23 heavy (non-hydrogen) atoms. The average molecular weight is 329 g/mol. The van der Waals surface area contributed by atoms with Crippen molar-refractivity contribution in [1.82, 2.24) is 23.6 Å². The summed E-state index contributed by atoms with van der Waals surface area (Å²) in [4.78, 5) is 28.2. The number of nitrogens with zero attached hydrogens (tertiary/aromatic N) is 4. The van der Waals surface area contributed by atoms with E-state index in [1.807, 2.05) is 6.92 Å². The minimum atomic E-state index is -0.203. The minimum Gasteiger partial charge on any atom is -0.350 e. The molecular formula is C15H15N5O2S. The van der Waals surface area contributed by atoms with E-state index >= 15 is 0 Å². The van der Waals surface area contributed by atoms with Gasteiger partial charge in [0.05, 0.1) is 18.1 Å². The highest BCUT2D eigenvalue weighted by atomic mass is 32.1. The maximum Gasteiger partial charge on any atom is 0.253 e. The van der Waals surface area contributed by atoms with Crippen molar-refractivity contribution in [2.45, 2.75) is 19.9 Å². The first kappa shape index (κ1) is 15.3. The molecule has 0 atom stereocenters. The molecule has 1 amide bonds. The van der Waals surface area contributed by atoms with Crippen molar-refractivity contribution in [2.75, 3.05) is 6.54 Å². The highest BCUT2D eigenvalue weighted by Gasteiger charge is 2.08. The zero-order chi connectivity index (χ0) is 16.2. The molecule has 0 unspecified atom stereocenters. The molecular weight excluding hydrogens is 314 g/mol. The summed E-state index contributed by atoms with van der Waals surface area (Å²) >= 11 is 1.12. The number of amides is 1. The molecule has 0 aliphatic carbocycles. The van der Waals surface area contributed by atoms with Crippen LogP contribution in [0.2, 0.25) is 0 Å². The van der Waals surface area contributed by atoms with Crippen LogP contribution in [0.3, 0.4) is 0 Å². The van der Waals surface area contributed by atoms with E-state index in [1.54, 1.807) is 18.2 Å². The maximum atomic E-state index is 12.1. The Kier molecular flexibility index (Phi) is 4.42. The van der Waals surface area contributed by atoms with Gasteiger partial charge in [0.25, 0.3) is 11.5 Å². The molecule has 3 rings (SSSR count).